The second kappa shape index (κ2) is 6.47. The Morgan fingerprint density at radius 3 is 2.71 bits per heavy atom. The molecule has 0 radical (unpaired) electrons. The van der Waals surface area contributed by atoms with Crippen LogP contribution in [0.2, 0.25) is 0 Å². The molecule has 0 unspecified atom stereocenters. The van der Waals surface area contributed by atoms with Gasteiger partial charge in [-0.05, 0) is 36.5 Å². The van der Waals surface area contributed by atoms with E-state index < -0.39 is 5.82 Å². The van der Waals surface area contributed by atoms with Crippen LogP contribution in [0.4, 0.5) is 4.39 Å². The van der Waals surface area contributed by atoms with Crippen LogP contribution in [0.25, 0.3) is 5.70 Å². The van der Waals surface area contributed by atoms with Gasteiger partial charge in [0, 0.05) is 18.2 Å². The van der Waals surface area contributed by atoms with Gasteiger partial charge in [0.05, 0.1) is 19.9 Å². The number of hydrogen-bond acceptors (Lipinski definition) is 4. The van der Waals surface area contributed by atoms with Crippen molar-refractivity contribution in [3.8, 4) is 11.5 Å². The van der Waals surface area contributed by atoms with Gasteiger partial charge in [0.1, 0.15) is 11.5 Å². The van der Waals surface area contributed by atoms with Crippen molar-refractivity contribution in [1.29, 1.82) is 5.41 Å². The normalized spacial score (nSPS) is 19.1. The third-order valence-corrected chi connectivity index (χ3v) is 4.09. The van der Waals surface area contributed by atoms with E-state index in [0.29, 0.717) is 40.9 Å². The molecule has 1 fully saturated rings. The van der Waals surface area contributed by atoms with Crippen LogP contribution in [0.15, 0.2) is 35.4 Å². The Morgan fingerprint density at radius 1 is 1.33 bits per heavy atom. The summed E-state index contributed by atoms with van der Waals surface area (Å²) in [7, 11) is 2.91. The van der Waals surface area contributed by atoms with Crippen LogP contribution in [0, 0.1) is 17.1 Å². The monoisotopic (exact) mass is 329 g/mol. The average molecular weight is 329 g/mol. The molecule has 0 atom stereocenters. The van der Waals surface area contributed by atoms with Crippen LogP contribution in [0.1, 0.15) is 18.4 Å². The number of benzene rings is 1. The van der Waals surface area contributed by atoms with E-state index in [0.717, 1.165) is 0 Å². The molecule has 1 saturated carbocycles. The van der Waals surface area contributed by atoms with E-state index in [1.807, 2.05) is 0 Å². The van der Waals surface area contributed by atoms with Gasteiger partial charge in [0.25, 0.3) is 0 Å². The van der Waals surface area contributed by atoms with Crippen molar-refractivity contribution < 1.29 is 13.9 Å². The van der Waals surface area contributed by atoms with E-state index in [4.69, 9.17) is 14.9 Å². The Kier molecular flexibility index (Phi) is 4.38. The number of allylic oxidation sites excluding steroid dienone is 1. The number of hydrogen-bond donors (Lipinski definition) is 2. The first-order valence-electron chi connectivity index (χ1n) is 7.76. The number of halogens is 1. The molecule has 1 aliphatic carbocycles. The van der Waals surface area contributed by atoms with Crippen LogP contribution in [0.3, 0.4) is 0 Å². The molecule has 0 bridgehead atoms. The molecule has 24 heavy (non-hydrogen) atoms. The Labute approximate surface area is 140 Å². The van der Waals surface area contributed by atoms with Gasteiger partial charge < -0.3 is 14.8 Å². The number of ether oxygens (including phenoxy) is 2. The zero-order valence-corrected chi connectivity index (χ0v) is 13.8. The second-order valence-corrected chi connectivity index (χ2v) is 5.91. The van der Waals surface area contributed by atoms with Crippen molar-refractivity contribution in [1.82, 2.24) is 5.32 Å². The topological polar surface area (TPSA) is 66.7 Å². The maximum atomic E-state index is 14.7. The lowest BCUT2D eigenvalue weighted by atomic mass is 10.0. The summed E-state index contributed by atoms with van der Waals surface area (Å²) in [6.07, 6.45) is 3.99. The molecule has 1 aromatic rings. The van der Waals surface area contributed by atoms with Gasteiger partial charge in [-0.1, -0.05) is 6.58 Å². The van der Waals surface area contributed by atoms with E-state index in [2.05, 4.69) is 16.9 Å². The maximum Gasteiger partial charge on any atom is 0.174 e. The molecular weight excluding hydrogens is 309 g/mol. The lowest BCUT2D eigenvalue weighted by Crippen LogP contribution is -2.35. The summed E-state index contributed by atoms with van der Waals surface area (Å²) in [5.74, 6) is 1.09. The first-order valence-corrected chi connectivity index (χ1v) is 7.76. The Balaban J connectivity index is 1.98. The van der Waals surface area contributed by atoms with E-state index in [1.54, 1.807) is 12.1 Å². The predicted molar refractivity (Wildman–Crippen MR) is 92.5 cm³/mol. The number of nitrogens with zero attached hydrogens (tertiary/aromatic N) is 1. The average Bonchev–Trinajstić information content (AvgIpc) is 3.40. The van der Waals surface area contributed by atoms with Gasteiger partial charge in [0.2, 0.25) is 0 Å². The van der Waals surface area contributed by atoms with E-state index >= 15 is 0 Å². The summed E-state index contributed by atoms with van der Waals surface area (Å²) in [5, 5.41) is 11.2. The third-order valence-electron chi connectivity index (χ3n) is 4.09. The SMILES string of the molecule is C=C1C=C(c2cc(OC)cc(OC)c2F)NC(=NCC2CC2)C1=N. The van der Waals surface area contributed by atoms with Crippen molar-refractivity contribution in [3.05, 3.63) is 41.7 Å². The summed E-state index contributed by atoms with van der Waals surface area (Å²) in [6, 6.07) is 3.07. The van der Waals surface area contributed by atoms with Gasteiger partial charge in [-0.25, -0.2) is 4.39 Å². The van der Waals surface area contributed by atoms with Gasteiger partial charge in [-0.15, -0.1) is 0 Å². The fraction of sp³-hybridized carbons (Fsp3) is 0.333. The molecule has 1 aliphatic heterocycles. The van der Waals surface area contributed by atoms with Crippen molar-refractivity contribution in [2.24, 2.45) is 10.9 Å². The summed E-state index contributed by atoms with van der Waals surface area (Å²) in [6.45, 7) is 4.55. The Bertz CT molecular complexity index is 764. The quantitative estimate of drug-likeness (QED) is 0.872. The molecule has 126 valence electrons. The second-order valence-electron chi connectivity index (χ2n) is 5.91. The van der Waals surface area contributed by atoms with Crippen LogP contribution in [-0.2, 0) is 0 Å². The molecular formula is C18H20FN3O2. The molecule has 1 heterocycles. The Hall–Kier alpha value is -2.63. The van der Waals surface area contributed by atoms with Gasteiger partial charge in [-0.2, -0.15) is 0 Å². The van der Waals surface area contributed by atoms with Crippen molar-refractivity contribution in [2.75, 3.05) is 20.8 Å². The minimum Gasteiger partial charge on any atom is -0.497 e. The maximum absolute atomic E-state index is 14.7. The number of nitrogens with one attached hydrogen (secondary N) is 2. The number of amidine groups is 1. The minimum atomic E-state index is -0.500. The first-order chi connectivity index (χ1) is 11.5. The predicted octanol–water partition coefficient (Wildman–Crippen LogP) is 3.17. The smallest absolute Gasteiger partial charge is 0.174 e. The molecule has 0 amide bonds. The van der Waals surface area contributed by atoms with Crippen LogP contribution < -0.4 is 14.8 Å². The molecule has 1 aromatic carbocycles. The highest BCUT2D eigenvalue weighted by atomic mass is 19.1. The van der Waals surface area contributed by atoms with E-state index in [1.165, 1.54) is 33.1 Å². The fourth-order valence-electron chi connectivity index (χ4n) is 2.44. The zero-order chi connectivity index (χ0) is 17.3. The van der Waals surface area contributed by atoms with Gasteiger partial charge >= 0.3 is 0 Å². The molecule has 5 nitrogen and oxygen atoms in total. The highest BCUT2D eigenvalue weighted by molar-refractivity contribution is 6.49. The summed E-state index contributed by atoms with van der Waals surface area (Å²) in [4.78, 5) is 4.46. The zero-order valence-electron chi connectivity index (χ0n) is 13.8. The minimum absolute atomic E-state index is 0.0924. The van der Waals surface area contributed by atoms with Gasteiger partial charge in [0.15, 0.2) is 17.4 Å². The molecule has 2 N–H and O–H groups in total. The molecule has 2 aliphatic rings. The lowest BCUT2D eigenvalue weighted by molar-refractivity contribution is 0.373. The highest BCUT2D eigenvalue weighted by Crippen LogP contribution is 2.32. The Morgan fingerprint density at radius 2 is 2.08 bits per heavy atom. The number of methoxy groups -OCH3 is 2. The summed E-state index contributed by atoms with van der Waals surface area (Å²) >= 11 is 0. The van der Waals surface area contributed by atoms with Gasteiger partial charge in [-0.3, -0.25) is 10.4 Å². The number of rotatable bonds is 5. The first kappa shape index (κ1) is 16.2. The van der Waals surface area contributed by atoms with E-state index in [-0.39, 0.29) is 11.5 Å². The summed E-state index contributed by atoms with van der Waals surface area (Å²) in [5.41, 5.74) is 1.49. The third kappa shape index (κ3) is 3.18. The van der Waals surface area contributed by atoms with Crippen LogP contribution in [-0.4, -0.2) is 32.3 Å². The van der Waals surface area contributed by atoms with E-state index in [9.17, 15) is 4.39 Å². The van der Waals surface area contributed by atoms with Crippen molar-refractivity contribution in [3.63, 3.8) is 0 Å². The largest absolute Gasteiger partial charge is 0.497 e. The molecule has 3 rings (SSSR count). The lowest BCUT2D eigenvalue weighted by Gasteiger charge is -2.22. The van der Waals surface area contributed by atoms with Crippen molar-refractivity contribution in [2.45, 2.75) is 12.8 Å². The molecule has 6 heteroatoms. The van der Waals surface area contributed by atoms with Crippen molar-refractivity contribution >= 4 is 17.2 Å². The molecule has 0 aromatic heterocycles. The summed E-state index contributed by atoms with van der Waals surface area (Å²) < 4.78 is 24.9. The molecule has 0 spiro atoms. The highest BCUT2D eigenvalue weighted by Gasteiger charge is 2.25. The van der Waals surface area contributed by atoms with Crippen LogP contribution >= 0.6 is 0 Å². The molecule has 0 saturated heterocycles. The number of aliphatic imine (C=N–C) groups is 1. The van der Waals surface area contributed by atoms with Crippen LogP contribution in [0.5, 0.6) is 11.5 Å². The fourth-order valence-corrected chi connectivity index (χ4v) is 2.44. The standard InChI is InChI=1S/C18H20FN3O2/c1-10-6-14(22-18(17(10)20)21-9-11-4-5-11)13-7-12(23-2)8-15(24-3)16(13)19/h6-8,11,20H,1,4-5,9H2,2-3H3,(H,21,22).